The van der Waals surface area contributed by atoms with E-state index < -0.39 is 11.5 Å². The summed E-state index contributed by atoms with van der Waals surface area (Å²) in [6.45, 7) is 4.42. The molecule has 0 heterocycles. The summed E-state index contributed by atoms with van der Waals surface area (Å²) in [5.74, 6) is 0.733. The largest absolute Gasteiger partial charge is 0.469 e. The van der Waals surface area contributed by atoms with Crippen LogP contribution in [0.25, 0.3) is 0 Å². The van der Waals surface area contributed by atoms with E-state index in [2.05, 4.69) is 13.8 Å². The molecule has 0 aromatic carbocycles. The third kappa shape index (κ3) is 1.79. The predicted molar refractivity (Wildman–Crippen MR) is 89.1 cm³/mol. The van der Waals surface area contributed by atoms with Crippen molar-refractivity contribution in [2.45, 2.75) is 71.3 Å². The first kappa shape index (κ1) is 16.6. The summed E-state index contributed by atoms with van der Waals surface area (Å²) < 4.78 is 5.18. The van der Waals surface area contributed by atoms with Crippen LogP contribution in [0.2, 0.25) is 0 Å². The van der Waals surface area contributed by atoms with E-state index in [1.165, 1.54) is 7.11 Å². The number of methoxy groups -OCH3 is 1. The molecule has 2 bridgehead atoms. The Kier molecular flexibility index (Phi) is 3.49. The van der Waals surface area contributed by atoms with E-state index >= 15 is 0 Å². The number of carbonyl (C=O) groups is 2. The van der Waals surface area contributed by atoms with Gasteiger partial charge in [0.25, 0.3) is 0 Å². The highest BCUT2D eigenvalue weighted by Gasteiger charge is 2.69. The summed E-state index contributed by atoms with van der Waals surface area (Å²) in [5.41, 5.74) is -0.622. The van der Waals surface area contributed by atoms with Crippen LogP contribution >= 0.6 is 0 Å². The van der Waals surface area contributed by atoms with Gasteiger partial charge in [-0.15, -0.1) is 0 Å². The van der Waals surface area contributed by atoms with Crippen LogP contribution in [0.1, 0.15) is 65.2 Å². The minimum atomic E-state index is -0.779. The molecular weight excluding hydrogens is 304 g/mol. The SMILES string of the molecule is COC(=O)[C@]1(C)CCC[C@@]2(C)[C@@H]3CC[C@@H]4C[C@@]3(CC[C@@H]21)[C@@H](O)C4=O. The first-order valence-corrected chi connectivity index (χ1v) is 9.60. The number of Topliss-reactive ketones (excluding diaryl/α,β-unsaturated/α-hetero) is 1. The smallest absolute Gasteiger partial charge is 0.311 e. The summed E-state index contributed by atoms with van der Waals surface area (Å²) in [7, 11) is 1.49. The number of fused-ring (bicyclic) bond motifs is 3. The van der Waals surface area contributed by atoms with Crippen LogP contribution in [-0.4, -0.2) is 30.1 Å². The Hall–Kier alpha value is -0.900. The van der Waals surface area contributed by atoms with Crippen molar-refractivity contribution in [3.63, 3.8) is 0 Å². The van der Waals surface area contributed by atoms with Gasteiger partial charge in [0.1, 0.15) is 6.10 Å². The number of aliphatic hydroxyl groups is 1. The maximum Gasteiger partial charge on any atom is 0.311 e. The average molecular weight is 334 g/mol. The summed E-state index contributed by atoms with van der Waals surface area (Å²) in [5, 5.41) is 10.8. The molecule has 134 valence electrons. The Morgan fingerprint density at radius 2 is 1.88 bits per heavy atom. The van der Waals surface area contributed by atoms with E-state index in [-0.39, 0.29) is 28.5 Å². The van der Waals surface area contributed by atoms with Crippen LogP contribution in [0, 0.1) is 34.0 Å². The zero-order valence-corrected chi connectivity index (χ0v) is 15.1. The van der Waals surface area contributed by atoms with Gasteiger partial charge in [0.15, 0.2) is 5.78 Å². The van der Waals surface area contributed by atoms with Crippen LogP contribution in [0.4, 0.5) is 0 Å². The van der Waals surface area contributed by atoms with Gasteiger partial charge in [0.05, 0.1) is 12.5 Å². The van der Waals surface area contributed by atoms with E-state index in [9.17, 15) is 14.7 Å². The third-order valence-corrected chi connectivity index (χ3v) is 8.66. The Bertz CT molecular complexity index is 586. The molecule has 4 fully saturated rings. The zero-order valence-electron chi connectivity index (χ0n) is 15.1. The van der Waals surface area contributed by atoms with Crippen LogP contribution in [0.3, 0.4) is 0 Å². The van der Waals surface area contributed by atoms with Crippen LogP contribution in [0.5, 0.6) is 0 Å². The van der Waals surface area contributed by atoms with Gasteiger partial charge in [0, 0.05) is 11.3 Å². The van der Waals surface area contributed by atoms with Crippen molar-refractivity contribution in [2.24, 2.45) is 34.0 Å². The number of hydrogen-bond donors (Lipinski definition) is 1. The molecule has 0 radical (unpaired) electrons. The van der Waals surface area contributed by atoms with Crippen molar-refractivity contribution in [1.82, 2.24) is 0 Å². The zero-order chi connectivity index (χ0) is 17.3. The van der Waals surface area contributed by atoms with E-state index in [0.29, 0.717) is 11.8 Å². The van der Waals surface area contributed by atoms with Gasteiger partial charge in [-0.1, -0.05) is 13.3 Å². The van der Waals surface area contributed by atoms with E-state index in [0.717, 1.165) is 51.4 Å². The van der Waals surface area contributed by atoms with E-state index in [1.54, 1.807) is 0 Å². The summed E-state index contributed by atoms with van der Waals surface area (Å²) in [6.07, 6.45) is 6.86. The molecule has 0 aliphatic heterocycles. The highest BCUT2D eigenvalue weighted by molar-refractivity contribution is 5.89. The van der Waals surface area contributed by atoms with Gasteiger partial charge in [0.2, 0.25) is 0 Å². The Balaban J connectivity index is 1.76. The molecule has 4 nitrogen and oxygen atoms in total. The number of ketones is 1. The molecule has 4 saturated carbocycles. The van der Waals surface area contributed by atoms with Crippen molar-refractivity contribution in [3.05, 3.63) is 0 Å². The maximum atomic E-state index is 12.6. The normalized spacial score (nSPS) is 53.2. The number of aliphatic hydroxyl groups excluding tert-OH is 1. The number of esters is 1. The molecule has 0 amide bonds. The van der Waals surface area contributed by atoms with Crippen molar-refractivity contribution >= 4 is 11.8 Å². The Morgan fingerprint density at radius 1 is 1.12 bits per heavy atom. The highest BCUT2D eigenvalue weighted by Crippen LogP contribution is 2.70. The standard InChI is InChI=1S/C20H30O4/c1-18-8-4-9-19(2,17(23)24-3)13(18)7-10-20-11-12(5-6-14(18)20)15(21)16(20)22/h12-14,16,22H,4-11H2,1-3H3/t12-,13+,14+,16+,18-,19-,20-/m1/s1. The molecule has 0 unspecified atom stereocenters. The fraction of sp³-hybridized carbons (Fsp3) is 0.900. The minimum Gasteiger partial charge on any atom is -0.469 e. The Morgan fingerprint density at radius 3 is 2.58 bits per heavy atom. The molecule has 4 rings (SSSR count). The fourth-order valence-corrected chi connectivity index (χ4v) is 7.68. The lowest BCUT2D eigenvalue weighted by Gasteiger charge is -2.63. The van der Waals surface area contributed by atoms with E-state index in [1.807, 2.05) is 0 Å². The summed E-state index contributed by atoms with van der Waals surface area (Å²) in [4.78, 5) is 25.1. The van der Waals surface area contributed by atoms with Crippen molar-refractivity contribution in [1.29, 1.82) is 0 Å². The second-order valence-electron chi connectivity index (χ2n) is 9.43. The monoisotopic (exact) mass is 334 g/mol. The second kappa shape index (κ2) is 5.06. The Labute approximate surface area is 144 Å². The van der Waals surface area contributed by atoms with Crippen LogP contribution < -0.4 is 0 Å². The van der Waals surface area contributed by atoms with Crippen molar-refractivity contribution in [3.8, 4) is 0 Å². The van der Waals surface area contributed by atoms with Gasteiger partial charge in [-0.2, -0.15) is 0 Å². The van der Waals surface area contributed by atoms with E-state index in [4.69, 9.17) is 4.74 Å². The third-order valence-electron chi connectivity index (χ3n) is 8.66. The number of carbonyl (C=O) groups excluding carboxylic acids is 2. The average Bonchev–Trinajstić information content (AvgIpc) is 2.74. The number of hydrogen-bond acceptors (Lipinski definition) is 4. The molecule has 4 heteroatoms. The molecule has 4 aliphatic carbocycles. The van der Waals surface area contributed by atoms with Gasteiger partial charge >= 0.3 is 5.97 Å². The first-order chi connectivity index (χ1) is 11.3. The maximum absolute atomic E-state index is 12.6. The minimum absolute atomic E-state index is 0.0238. The highest BCUT2D eigenvalue weighted by atomic mass is 16.5. The molecule has 1 spiro atoms. The molecule has 1 N–H and O–H groups in total. The topological polar surface area (TPSA) is 63.6 Å². The quantitative estimate of drug-likeness (QED) is 0.748. The first-order valence-electron chi connectivity index (χ1n) is 9.60. The van der Waals surface area contributed by atoms with Crippen LogP contribution in [-0.2, 0) is 14.3 Å². The molecule has 24 heavy (non-hydrogen) atoms. The summed E-state index contributed by atoms with van der Waals surface area (Å²) in [6, 6.07) is 0. The van der Waals surface area contributed by atoms with Crippen LogP contribution in [0.15, 0.2) is 0 Å². The molecule has 4 aliphatic rings. The lowest BCUT2D eigenvalue weighted by atomic mass is 9.40. The van der Waals surface area contributed by atoms with Gasteiger partial charge in [-0.3, -0.25) is 9.59 Å². The van der Waals surface area contributed by atoms with Gasteiger partial charge in [-0.25, -0.2) is 0 Å². The molecule has 0 saturated heterocycles. The fourth-order valence-electron chi connectivity index (χ4n) is 7.68. The molecule has 0 aromatic heterocycles. The molecular formula is C20H30O4. The molecule has 0 aromatic rings. The number of ether oxygens (including phenoxy) is 1. The molecule has 7 atom stereocenters. The predicted octanol–water partition coefficient (Wildman–Crippen LogP) is 3.11. The van der Waals surface area contributed by atoms with Gasteiger partial charge in [-0.05, 0) is 69.1 Å². The lowest BCUT2D eigenvalue weighted by Crippen LogP contribution is -2.60. The number of rotatable bonds is 1. The van der Waals surface area contributed by atoms with Crippen molar-refractivity contribution in [2.75, 3.05) is 7.11 Å². The van der Waals surface area contributed by atoms with Crippen molar-refractivity contribution < 1.29 is 19.4 Å². The lowest BCUT2D eigenvalue weighted by molar-refractivity contribution is -0.193. The van der Waals surface area contributed by atoms with Gasteiger partial charge < -0.3 is 9.84 Å². The summed E-state index contributed by atoms with van der Waals surface area (Å²) >= 11 is 0. The second-order valence-corrected chi connectivity index (χ2v) is 9.43.